The number of anilines is 1. The van der Waals surface area contributed by atoms with E-state index in [9.17, 15) is 14.9 Å². The summed E-state index contributed by atoms with van der Waals surface area (Å²) < 4.78 is 0. The van der Waals surface area contributed by atoms with Crippen molar-refractivity contribution in [2.75, 3.05) is 18.0 Å². The average Bonchev–Trinajstić information content (AvgIpc) is 3.08. The Morgan fingerprint density at radius 1 is 1.04 bits per heavy atom. The van der Waals surface area contributed by atoms with Crippen molar-refractivity contribution in [3.05, 3.63) is 33.9 Å². The molecule has 2 saturated carbocycles. The molecule has 3 aliphatic rings. The molecular weight excluding hydrogens is 318 g/mol. The maximum Gasteiger partial charge on any atom is 0.293 e. The van der Waals surface area contributed by atoms with Crippen LogP contribution in [0.5, 0.6) is 0 Å². The van der Waals surface area contributed by atoms with Crippen LogP contribution in [-0.2, 0) is 0 Å². The van der Waals surface area contributed by atoms with Crippen LogP contribution >= 0.6 is 0 Å². The van der Waals surface area contributed by atoms with Crippen molar-refractivity contribution in [1.82, 2.24) is 4.90 Å². The van der Waals surface area contributed by atoms with Gasteiger partial charge in [0.05, 0.1) is 4.92 Å². The molecule has 3 fully saturated rings. The largest absolute Gasteiger partial charge is 0.366 e. The highest BCUT2D eigenvalue weighted by molar-refractivity contribution is 5.96. The molecular formula is C19H25N3O3. The van der Waals surface area contributed by atoms with E-state index in [1.807, 2.05) is 4.90 Å². The molecule has 0 atom stereocenters. The Hall–Kier alpha value is -2.11. The van der Waals surface area contributed by atoms with E-state index in [1.54, 1.807) is 12.1 Å². The molecule has 1 aromatic carbocycles. The molecule has 1 heterocycles. The summed E-state index contributed by atoms with van der Waals surface area (Å²) in [6, 6.07) is 5.72. The van der Waals surface area contributed by atoms with Crippen molar-refractivity contribution >= 4 is 17.3 Å². The number of hydrogen-bond donors (Lipinski definition) is 0. The quantitative estimate of drug-likeness (QED) is 0.603. The summed E-state index contributed by atoms with van der Waals surface area (Å²) in [4.78, 5) is 28.4. The fourth-order valence-electron chi connectivity index (χ4n) is 4.34. The summed E-state index contributed by atoms with van der Waals surface area (Å²) >= 11 is 0. The van der Waals surface area contributed by atoms with Gasteiger partial charge in [-0.2, -0.15) is 0 Å². The summed E-state index contributed by atoms with van der Waals surface area (Å²) in [6.45, 7) is 1.70. The second-order valence-electron chi connectivity index (χ2n) is 7.54. The number of amides is 1. The van der Waals surface area contributed by atoms with E-state index in [4.69, 9.17) is 0 Å². The van der Waals surface area contributed by atoms with Gasteiger partial charge in [0.2, 0.25) is 0 Å². The third-order valence-electron chi connectivity index (χ3n) is 5.76. The van der Waals surface area contributed by atoms with E-state index in [2.05, 4.69) is 4.90 Å². The minimum absolute atomic E-state index is 0.0227. The third kappa shape index (κ3) is 3.22. The smallest absolute Gasteiger partial charge is 0.293 e. The Morgan fingerprint density at radius 2 is 1.68 bits per heavy atom. The number of carbonyl (C=O) groups is 1. The molecule has 1 saturated heterocycles. The SMILES string of the molecule is O=C(c1ccc(N2CCCC2)c([N+](=O)[O-])c1)N(C1CCCC1)C1CC1. The molecule has 1 aromatic rings. The third-order valence-corrected chi connectivity index (χ3v) is 5.76. The van der Waals surface area contributed by atoms with Gasteiger partial charge in [-0.25, -0.2) is 0 Å². The molecule has 134 valence electrons. The van der Waals surface area contributed by atoms with Crippen molar-refractivity contribution in [3.8, 4) is 0 Å². The number of nitro groups is 1. The molecule has 6 nitrogen and oxygen atoms in total. The topological polar surface area (TPSA) is 66.7 Å². The van der Waals surface area contributed by atoms with E-state index >= 15 is 0 Å². The van der Waals surface area contributed by atoms with Gasteiger partial charge in [0.25, 0.3) is 11.6 Å². The van der Waals surface area contributed by atoms with Gasteiger partial charge in [-0.3, -0.25) is 14.9 Å². The highest BCUT2D eigenvalue weighted by Crippen LogP contribution is 2.37. The number of hydrogen-bond acceptors (Lipinski definition) is 4. The summed E-state index contributed by atoms with van der Waals surface area (Å²) in [5.41, 5.74) is 1.18. The summed E-state index contributed by atoms with van der Waals surface area (Å²) in [5, 5.41) is 11.6. The zero-order chi connectivity index (χ0) is 17.4. The number of nitro benzene ring substituents is 1. The predicted octanol–water partition coefficient (Wildman–Crippen LogP) is 3.74. The molecule has 0 radical (unpaired) electrons. The molecule has 1 aliphatic heterocycles. The van der Waals surface area contributed by atoms with E-state index < -0.39 is 0 Å². The van der Waals surface area contributed by atoms with Crippen LogP contribution in [0.25, 0.3) is 0 Å². The standard InChI is InChI=1S/C19H25N3O3/c23-19(21(16-8-9-16)15-5-1-2-6-15)14-7-10-17(18(13-14)22(24)25)20-11-3-4-12-20/h7,10,13,15-16H,1-6,8-9,11-12H2. The first kappa shape index (κ1) is 16.4. The second kappa shape index (κ2) is 6.65. The van der Waals surface area contributed by atoms with Crippen LogP contribution in [0.2, 0.25) is 0 Å². The summed E-state index contributed by atoms with van der Waals surface area (Å²) in [6.07, 6.45) is 8.74. The first-order valence-electron chi connectivity index (χ1n) is 9.51. The maximum atomic E-state index is 13.1. The number of rotatable bonds is 5. The maximum absolute atomic E-state index is 13.1. The fraction of sp³-hybridized carbons (Fsp3) is 0.632. The van der Waals surface area contributed by atoms with E-state index in [0.29, 0.717) is 23.3 Å². The molecule has 0 N–H and O–H groups in total. The number of nitrogens with zero attached hydrogens (tertiary/aromatic N) is 3. The lowest BCUT2D eigenvalue weighted by molar-refractivity contribution is -0.384. The second-order valence-corrected chi connectivity index (χ2v) is 7.54. The minimum Gasteiger partial charge on any atom is -0.366 e. The van der Waals surface area contributed by atoms with E-state index in [0.717, 1.165) is 51.6 Å². The van der Waals surface area contributed by atoms with Gasteiger partial charge in [0, 0.05) is 36.8 Å². The van der Waals surface area contributed by atoms with E-state index in [-0.39, 0.29) is 16.5 Å². The summed E-state index contributed by atoms with van der Waals surface area (Å²) in [5.74, 6) is -0.0227. The highest BCUT2D eigenvalue weighted by atomic mass is 16.6. The Bertz CT molecular complexity index is 674. The van der Waals surface area contributed by atoms with E-state index in [1.165, 1.54) is 18.9 Å². The normalized spacial score (nSPS) is 20.9. The first-order valence-corrected chi connectivity index (χ1v) is 9.51. The minimum atomic E-state index is -0.346. The van der Waals surface area contributed by atoms with Gasteiger partial charge >= 0.3 is 0 Å². The van der Waals surface area contributed by atoms with Gasteiger partial charge in [-0.05, 0) is 50.7 Å². The highest BCUT2D eigenvalue weighted by Gasteiger charge is 2.39. The lowest BCUT2D eigenvalue weighted by Crippen LogP contribution is -2.40. The van der Waals surface area contributed by atoms with Crippen LogP contribution in [0, 0.1) is 10.1 Å². The average molecular weight is 343 g/mol. The fourth-order valence-corrected chi connectivity index (χ4v) is 4.34. The number of benzene rings is 1. The first-order chi connectivity index (χ1) is 12.1. The predicted molar refractivity (Wildman–Crippen MR) is 96.0 cm³/mol. The van der Waals surface area contributed by atoms with Crippen molar-refractivity contribution in [3.63, 3.8) is 0 Å². The van der Waals surface area contributed by atoms with Gasteiger partial charge in [-0.15, -0.1) is 0 Å². The molecule has 6 heteroatoms. The van der Waals surface area contributed by atoms with Gasteiger partial charge in [0.1, 0.15) is 5.69 Å². The molecule has 1 amide bonds. The Kier molecular flexibility index (Phi) is 4.36. The Labute approximate surface area is 147 Å². The molecule has 0 spiro atoms. The zero-order valence-corrected chi connectivity index (χ0v) is 14.5. The molecule has 25 heavy (non-hydrogen) atoms. The zero-order valence-electron chi connectivity index (χ0n) is 14.5. The van der Waals surface area contributed by atoms with Crippen molar-refractivity contribution in [2.45, 2.75) is 63.5 Å². The molecule has 2 aliphatic carbocycles. The summed E-state index contributed by atoms with van der Waals surface area (Å²) in [7, 11) is 0. The monoisotopic (exact) mass is 343 g/mol. The number of carbonyl (C=O) groups excluding carboxylic acids is 1. The van der Waals surface area contributed by atoms with Gasteiger partial charge < -0.3 is 9.80 Å². The van der Waals surface area contributed by atoms with Crippen molar-refractivity contribution in [2.24, 2.45) is 0 Å². The van der Waals surface area contributed by atoms with Crippen LogP contribution < -0.4 is 4.90 Å². The van der Waals surface area contributed by atoms with Crippen LogP contribution in [0.3, 0.4) is 0 Å². The molecule has 4 rings (SSSR count). The van der Waals surface area contributed by atoms with Crippen LogP contribution in [-0.4, -0.2) is 40.9 Å². The van der Waals surface area contributed by atoms with Crippen LogP contribution in [0.4, 0.5) is 11.4 Å². The van der Waals surface area contributed by atoms with Crippen molar-refractivity contribution in [1.29, 1.82) is 0 Å². The Morgan fingerprint density at radius 3 is 2.28 bits per heavy atom. The lowest BCUT2D eigenvalue weighted by atomic mass is 10.1. The molecule has 0 bridgehead atoms. The lowest BCUT2D eigenvalue weighted by Gasteiger charge is -2.29. The molecule has 0 unspecified atom stereocenters. The molecule has 0 aromatic heterocycles. The van der Waals surface area contributed by atoms with Gasteiger partial charge in [-0.1, -0.05) is 12.8 Å². The Balaban J connectivity index is 1.63. The van der Waals surface area contributed by atoms with Crippen molar-refractivity contribution < 1.29 is 9.72 Å². The van der Waals surface area contributed by atoms with Crippen LogP contribution in [0.15, 0.2) is 18.2 Å². The van der Waals surface area contributed by atoms with Crippen LogP contribution in [0.1, 0.15) is 61.7 Å². The van der Waals surface area contributed by atoms with Gasteiger partial charge in [0.15, 0.2) is 0 Å².